The van der Waals surface area contributed by atoms with Gasteiger partial charge in [0.2, 0.25) is 11.8 Å². The fourth-order valence-electron chi connectivity index (χ4n) is 4.02. The van der Waals surface area contributed by atoms with Gasteiger partial charge in [0.05, 0.1) is 18.3 Å². The van der Waals surface area contributed by atoms with Crippen LogP contribution in [0.5, 0.6) is 0 Å². The summed E-state index contributed by atoms with van der Waals surface area (Å²) >= 11 is 0. The van der Waals surface area contributed by atoms with Crippen LogP contribution < -0.4 is 16.0 Å². The maximum atomic E-state index is 13.3. The minimum Gasteiger partial charge on any atom is -0.445 e. The minimum absolute atomic E-state index is 0.0537. The van der Waals surface area contributed by atoms with E-state index in [1.165, 1.54) is 0 Å². The number of amides is 3. The Morgan fingerprint density at radius 3 is 2.69 bits per heavy atom. The molecule has 1 aromatic heterocycles. The van der Waals surface area contributed by atoms with E-state index in [1.807, 2.05) is 44.2 Å². The van der Waals surface area contributed by atoms with Gasteiger partial charge in [0.1, 0.15) is 18.7 Å². The second-order valence-electron chi connectivity index (χ2n) is 9.51. The molecule has 0 saturated heterocycles. The van der Waals surface area contributed by atoms with Gasteiger partial charge in [0.15, 0.2) is 0 Å². The van der Waals surface area contributed by atoms with Crippen molar-refractivity contribution < 1.29 is 24.2 Å². The molecule has 2 bridgehead atoms. The van der Waals surface area contributed by atoms with Crippen LogP contribution in [0, 0.1) is 5.92 Å². The number of nitrogens with zero attached hydrogens (tertiary/aromatic N) is 3. The Morgan fingerprint density at radius 2 is 1.97 bits per heavy atom. The van der Waals surface area contributed by atoms with Crippen LogP contribution in [0.4, 0.5) is 4.79 Å². The van der Waals surface area contributed by atoms with Gasteiger partial charge >= 0.3 is 6.09 Å². The van der Waals surface area contributed by atoms with Crippen LogP contribution in [0.25, 0.3) is 0 Å². The van der Waals surface area contributed by atoms with Crippen molar-refractivity contribution in [3.8, 4) is 0 Å². The molecule has 0 saturated carbocycles. The molecule has 2 aromatic rings. The number of aliphatic hydroxyl groups is 1. The van der Waals surface area contributed by atoms with Crippen molar-refractivity contribution in [1.29, 1.82) is 0 Å². The normalized spacial score (nSPS) is 21.6. The Hall–Kier alpha value is -3.47. The molecule has 4 N–H and O–H groups in total. The summed E-state index contributed by atoms with van der Waals surface area (Å²) in [7, 11) is 0. The van der Waals surface area contributed by atoms with Gasteiger partial charge in [0, 0.05) is 19.2 Å². The van der Waals surface area contributed by atoms with Gasteiger partial charge in [-0.2, -0.15) is 0 Å². The van der Waals surface area contributed by atoms with Crippen molar-refractivity contribution >= 4 is 17.9 Å². The van der Waals surface area contributed by atoms with Gasteiger partial charge < -0.3 is 25.8 Å². The van der Waals surface area contributed by atoms with Crippen LogP contribution >= 0.6 is 0 Å². The Balaban J connectivity index is 1.78. The molecule has 3 atom stereocenters. The first kappa shape index (κ1) is 27.1. The number of aliphatic hydroxyl groups excluding tert-OH is 1. The average molecular weight is 501 g/mol. The zero-order valence-corrected chi connectivity index (χ0v) is 20.9. The molecule has 11 nitrogen and oxygen atoms in total. The summed E-state index contributed by atoms with van der Waals surface area (Å²) in [6.07, 6.45) is 3.64. The molecule has 3 amide bonds. The predicted octanol–water partition coefficient (Wildman–Crippen LogP) is 1.31. The van der Waals surface area contributed by atoms with E-state index in [2.05, 4.69) is 26.3 Å². The molecule has 11 heteroatoms. The number of benzene rings is 1. The third-order valence-corrected chi connectivity index (χ3v) is 5.92. The molecule has 0 unspecified atom stereocenters. The number of aromatic nitrogens is 3. The fourth-order valence-corrected chi connectivity index (χ4v) is 4.02. The third-order valence-electron chi connectivity index (χ3n) is 5.92. The quantitative estimate of drug-likeness (QED) is 0.467. The molecule has 196 valence electrons. The van der Waals surface area contributed by atoms with Gasteiger partial charge in [0.25, 0.3) is 0 Å². The molecular formula is C25H36N6O5. The van der Waals surface area contributed by atoms with Crippen molar-refractivity contribution in [2.24, 2.45) is 5.92 Å². The highest BCUT2D eigenvalue weighted by atomic mass is 16.5. The third kappa shape index (κ3) is 8.63. The number of carbonyl (C=O) groups excluding carboxylic acids is 3. The summed E-state index contributed by atoms with van der Waals surface area (Å²) in [4.78, 5) is 38.9. The Kier molecular flexibility index (Phi) is 10.2. The number of hydrogen-bond acceptors (Lipinski definition) is 7. The van der Waals surface area contributed by atoms with Crippen molar-refractivity contribution in [2.75, 3.05) is 6.61 Å². The monoisotopic (exact) mass is 500 g/mol. The number of fused-ring (bicyclic) bond motifs is 2. The molecule has 1 aromatic carbocycles. The van der Waals surface area contributed by atoms with Gasteiger partial charge in [-0.15, -0.1) is 5.10 Å². The lowest BCUT2D eigenvalue weighted by Crippen LogP contribution is -2.56. The second-order valence-corrected chi connectivity index (χ2v) is 9.51. The number of hydrogen-bond donors (Lipinski definition) is 4. The lowest BCUT2D eigenvalue weighted by Gasteiger charge is -2.25. The van der Waals surface area contributed by atoms with Crippen LogP contribution in [0.2, 0.25) is 0 Å². The summed E-state index contributed by atoms with van der Waals surface area (Å²) in [6, 6.07) is 6.95. The Bertz CT molecular complexity index is 996. The molecule has 0 spiro atoms. The van der Waals surface area contributed by atoms with Gasteiger partial charge in [-0.25, -0.2) is 4.79 Å². The predicted molar refractivity (Wildman–Crippen MR) is 132 cm³/mol. The number of carbonyl (C=O) groups is 3. The van der Waals surface area contributed by atoms with Crippen molar-refractivity contribution in [3.05, 3.63) is 47.8 Å². The van der Waals surface area contributed by atoms with E-state index in [0.717, 1.165) is 18.4 Å². The van der Waals surface area contributed by atoms with E-state index < -0.39 is 30.1 Å². The molecular weight excluding hydrogens is 464 g/mol. The lowest BCUT2D eigenvalue weighted by molar-refractivity contribution is -0.131. The first-order valence-electron chi connectivity index (χ1n) is 12.4. The summed E-state index contributed by atoms with van der Waals surface area (Å²) in [5, 5.41) is 26.3. The Labute approximate surface area is 211 Å². The lowest BCUT2D eigenvalue weighted by atomic mass is 10.0. The highest BCUT2D eigenvalue weighted by molar-refractivity contribution is 5.91. The van der Waals surface area contributed by atoms with Gasteiger partial charge in [-0.1, -0.05) is 49.4 Å². The van der Waals surface area contributed by atoms with Crippen molar-refractivity contribution in [3.63, 3.8) is 0 Å². The number of alkyl carbamates (subject to hydrolysis) is 1. The van der Waals surface area contributed by atoms with Crippen LogP contribution in [-0.2, 0) is 33.9 Å². The Morgan fingerprint density at radius 1 is 1.19 bits per heavy atom. The number of ether oxygens (including phenoxy) is 1. The van der Waals surface area contributed by atoms with Crippen LogP contribution in [0.15, 0.2) is 36.5 Å². The van der Waals surface area contributed by atoms with Crippen LogP contribution in [0.1, 0.15) is 50.8 Å². The molecule has 0 radical (unpaired) electrons. The van der Waals surface area contributed by atoms with Crippen LogP contribution in [0.3, 0.4) is 0 Å². The minimum atomic E-state index is -1.03. The number of nitrogens with one attached hydrogen (secondary N) is 3. The molecule has 0 aliphatic carbocycles. The van der Waals surface area contributed by atoms with E-state index in [0.29, 0.717) is 25.1 Å². The first-order chi connectivity index (χ1) is 17.3. The van der Waals surface area contributed by atoms with Crippen molar-refractivity contribution in [2.45, 2.75) is 77.2 Å². The van der Waals surface area contributed by atoms with Crippen LogP contribution in [-0.4, -0.2) is 62.7 Å². The average Bonchev–Trinajstić information content (AvgIpc) is 3.30. The van der Waals surface area contributed by atoms with E-state index in [9.17, 15) is 19.5 Å². The molecule has 1 aliphatic rings. The molecule has 36 heavy (non-hydrogen) atoms. The zero-order chi connectivity index (χ0) is 25.9. The van der Waals surface area contributed by atoms with Gasteiger partial charge in [-0.05, 0) is 37.2 Å². The highest BCUT2D eigenvalue weighted by Crippen LogP contribution is 2.10. The standard InChI is InChI=1S/C25H36N6O5/c1-17(2)12-21-23(33)26-19(15-32)10-6-7-11-31-14-20(29-30-31)13-22(24(34)27-21)28-25(35)36-16-18-8-4-3-5-9-18/h3-5,8-9,14,17,19,21-22,32H,6-7,10-13,15-16H2,1-2H3,(H,26,33)(H,27,34)(H,28,35)/t19-,21-,22-/m0/s1. The number of rotatable bonds is 6. The first-order valence-corrected chi connectivity index (χ1v) is 12.4. The van der Waals surface area contributed by atoms with Crippen molar-refractivity contribution in [1.82, 2.24) is 30.9 Å². The SMILES string of the molecule is CC(C)C[C@@H]1NC(=O)[C@@H](NC(=O)OCc2ccccc2)Cc2cn(nn2)CCCC[C@@H](CO)NC1=O. The fraction of sp³-hybridized carbons (Fsp3) is 0.560. The van der Waals surface area contributed by atoms with E-state index >= 15 is 0 Å². The largest absolute Gasteiger partial charge is 0.445 e. The van der Waals surface area contributed by atoms with E-state index in [4.69, 9.17) is 4.74 Å². The molecule has 1 aliphatic heterocycles. The number of aryl methyl sites for hydroxylation is 1. The summed E-state index contributed by atoms with van der Waals surface area (Å²) in [5.74, 6) is -0.768. The van der Waals surface area contributed by atoms with E-state index in [1.54, 1.807) is 10.9 Å². The summed E-state index contributed by atoms with van der Waals surface area (Å²) < 4.78 is 6.99. The topological polar surface area (TPSA) is 147 Å². The molecule has 2 heterocycles. The highest BCUT2D eigenvalue weighted by Gasteiger charge is 2.29. The zero-order valence-electron chi connectivity index (χ0n) is 20.9. The second kappa shape index (κ2) is 13.6. The molecule has 3 rings (SSSR count). The van der Waals surface area contributed by atoms with E-state index in [-0.39, 0.29) is 31.5 Å². The maximum absolute atomic E-state index is 13.3. The summed E-state index contributed by atoms with van der Waals surface area (Å²) in [6.45, 7) is 4.37. The smallest absolute Gasteiger partial charge is 0.408 e. The summed E-state index contributed by atoms with van der Waals surface area (Å²) in [5.41, 5.74) is 1.35. The maximum Gasteiger partial charge on any atom is 0.408 e. The molecule has 0 fully saturated rings. The van der Waals surface area contributed by atoms with Gasteiger partial charge in [-0.3, -0.25) is 14.3 Å².